The molecule has 0 bridgehead atoms. The van der Waals surface area contributed by atoms with Gasteiger partial charge in [-0.25, -0.2) is 4.98 Å². The van der Waals surface area contributed by atoms with Crippen LogP contribution in [0.15, 0.2) is 228 Å². The number of H-pyrrole nitrogens is 6. The first kappa shape index (κ1) is 50.5. The van der Waals surface area contributed by atoms with Gasteiger partial charge in [0, 0.05) is 125 Å². The molecular weight excluding hydrogens is 1120 g/mol. The van der Waals surface area contributed by atoms with Crippen molar-refractivity contribution in [2.24, 2.45) is 0 Å². The molecule has 9 nitrogen and oxygen atoms in total. The maximum absolute atomic E-state index is 10.1. The van der Waals surface area contributed by atoms with Crippen LogP contribution in [0.4, 0.5) is 0 Å². The van der Waals surface area contributed by atoms with Crippen LogP contribution in [0.1, 0.15) is 84.8 Å². The van der Waals surface area contributed by atoms with Crippen LogP contribution in [0.3, 0.4) is 0 Å². The summed E-state index contributed by atoms with van der Waals surface area (Å²) in [5.74, 6) is 1.73. The standard InChI is InChI=1S/2C24H19BrN2O.C21H17N3/c1-14-5-7-22-18(9-14)20(12-26-22)24(15-3-2-4-16(25)10-15)21-13-27-23-8-6-17(28)11-19(21)23;1-14-5-7-18-20(12-26-22(18)9-14)24(15-3-2-4-16(25)10-15)21-13-27-23-11-17(28)6-8-19(21)23;1-2-6-15-14(5-1)9-10-17(15)20(21-22-11-12-23-21)18-13-24-19-8-4-3-7-16(18)19/h2*2-13,24,26-28H,1H3;1-8,10-13,20,24H,9H2,(H,22,23). The Morgan fingerprint density at radius 3 is 1.59 bits per heavy atom. The minimum Gasteiger partial charge on any atom is -0.508 e. The molecule has 80 heavy (non-hydrogen) atoms. The van der Waals surface area contributed by atoms with Gasteiger partial charge in [-0.1, -0.05) is 128 Å². The molecular formula is C69H55Br2N7O2. The Kier molecular flexibility index (Phi) is 13.4. The Labute approximate surface area is 478 Å². The maximum atomic E-state index is 10.1. The van der Waals surface area contributed by atoms with E-state index >= 15 is 0 Å². The van der Waals surface area contributed by atoms with E-state index in [1.165, 1.54) is 77.4 Å². The number of rotatable bonds is 9. The molecule has 392 valence electrons. The van der Waals surface area contributed by atoms with E-state index in [0.717, 1.165) is 65.1 Å². The fraction of sp³-hybridized carbons (Fsp3) is 0.0870. The van der Waals surface area contributed by atoms with Gasteiger partial charge in [0.25, 0.3) is 0 Å². The van der Waals surface area contributed by atoms with E-state index in [1.54, 1.807) is 18.2 Å². The zero-order valence-electron chi connectivity index (χ0n) is 43.8. The first-order valence-electron chi connectivity index (χ1n) is 26.7. The van der Waals surface area contributed by atoms with E-state index in [2.05, 4.69) is 239 Å². The second-order valence-corrected chi connectivity index (χ2v) is 22.6. The number of hydrogen-bond donors (Lipinski definition) is 8. The van der Waals surface area contributed by atoms with Gasteiger partial charge in [0.2, 0.25) is 0 Å². The van der Waals surface area contributed by atoms with Crippen molar-refractivity contribution in [3.63, 3.8) is 0 Å². The summed E-state index contributed by atoms with van der Waals surface area (Å²) < 4.78 is 2.11. The number of imidazole rings is 1. The third-order valence-corrected chi connectivity index (χ3v) is 16.6. The minimum atomic E-state index is 0.0311. The SMILES string of the molecule is C1=C(C(c2ncc[nH]2)c2c[nH]c3ccccc23)c2ccccc2C1.Cc1ccc2[nH]cc(C(c3cccc(Br)c3)c3c[nH]c4ccc(O)cc34)c2c1.Cc1ccc2c(C(c3cccc(Br)c3)c3c[nH]c4cc(O)ccc34)c[nH]c2c1. The number of aryl methyl sites for hydroxylation is 2. The highest BCUT2D eigenvalue weighted by atomic mass is 79.9. The summed E-state index contributed by atoms with van der Waals surface area (Å²) in [6.07, 6.45) is 17.5. The van der Waals surface area contributed by atoms with Crippen LogP contribution < -0.4 is 0 Å². The molecule has 0 saturated carbocycles. The highest BCUT2D eigenvalue weighted by Gasteiger charge is 2.29. The summed E-state index contributed by atoms with van der Waals surface area (Å²) in [6.45, 7) is 4.23. The van der Waals surface area contributed by atoms with Crippen molar-refractivity contribution in [3.8, 4) is 11.5 Å². The smallest absolute Gasteiger partial charge is 0.118 e. The van der Waals surface area contributed by atoms with E-state index in [4.69, 9.17) is 0 Å². The van der Waals surface area contributed by atoms with Crippen LogP contribution in [0.5, 0.6) is 11.5 Å². The molecule has 6 heterocycles. The monoisotopic (exact) mass is 1170 g/mol. The number of nitrogens with one attached hydrogen (secondary N) is 6. The normalized spacial score (nSPS) is 13.2. The third kappa shape index (κ3) is 9.62. The van der Waals surface area contributed by atoms with Gasteiger partial charge in [-0.05, 0) is 160 Å². The van der Waals surface area contributed by atoms with E-state index < -0.39 is 0 Å². The molecule has 0 saturated heterocycles. The van der Waals surface area contributed by atoms with Crippen LogP contribution in [0.25, 0.3) is 60.1 Å². The first-order chi connectivity index (χ1) is 39.1. The van der Waals surface area contributed by atoms with E-state index in [9.17, 15) is 10.2 Å². The molecule has 0 spiro atoms. The topological polar surface area (TPSA) is 148 Å². The number of para-hydroxylation sites is 1. The van der Waals surface area contributed by atoms with Gasteiger partial charge in [-0.2, -0.15) is 0 Å². The molecule has 0 amide bonds. The second-order valence-electron chi connectivity index (χ2n) is 20.7. The predicted molar refractivity (Wildman–Crippen MR) is 333 cm³/mol. The highest BCUT2D eigenvalue weighted by molar-refractivity contribution is 9.10. The molecule has 15 rings (SSSR count). The molecule has 1 aliphatic carbocycles. The fourth-order valence-corrected chi connectivity index (χ4v) is 12.8. The lowest BCUT2D eigenvalue weighted by molar-refractivity contribution is 0.475. The second kappa shape index (κ2) is 21.3. The summed E-state index contributed by atoms with van der Waals surface area (Å²) in [4.78, 5) is 24.9. The number of nitrogens with zero attached hydrogens (tertiary/aromatic N) is 1. The lowest BCUT2D eigenvalue weighted by atomic mass is 9.84. The van der Waals surface area contributed by atoms with Gasteiger partial charge < -0.3 is 40.1 Å². The van der Waals surface area contributed by atoms with Crippen LogP contribution in [0.2, 0.25) is 0 Å². The lowest BCUT2D eigenvalue weighted by Crippen LogP contribution is -2.05. The van der Waals surface area contributed by atoms with Gasteiger partial charge >= 0.3 is 0 Å². The van der Waals surface area contributed by atoms with Gasteiger partial charge in [0.1, 0.15) is 17.3 Å². The molecule has 11 heteroatoms. The van der Waals surface area contributed by atoms with Crippen molar-refractivity contribution in [3.05, 3.63) is 295 Å². The molecule has 0 radical (unpaired) electrons. The molecule has 8 aromatic carbocycles. The number of phenols is 2. The van der Waals surface area contributed by atoms with Gasteiger partial charge in [0.15, 0.2) is 0 Å². The summed E-state index contributed by atoms with van der Waals surface area (Å²) in [5, 5.41) is 25.8. The number of benzene rings is 8. The molecule has 0 fully saturated rings. The summed E-state index contributed by atoms with van der Waals surface area (Å²) in [5.41, 5.74) is 20.4. The van der Waals surface area contributed by atoms with Gasteiger partial charge in [0.05, 0.1) is 5.92 Å². The van der Waals surface area contributed by atoms with Crippen LogP contribution in [0, 0.1) is 13.8 Å². The number of halogens is 2. The molecule has 0 aliphatic heterocycles. The number of hydrogen-bond acceptors (Lipinski definition) is 3. The summed E-state index contributed by atoms with van der Waals surface area (Å²) in [7, 11) is 0. The van der Waals surface area contributed by atoms with Crippen molar-refractivity contribution in [1.82, 2.24) is 34.9 Å². The Bertz CT molecular complexity index is 4430. The van der Waals surface area contributed by atoms with Crippen LogP contribution >= 0.6 is 31.9 Å². The van der Waals surface area contributed by atoms with E-state index in [-0.39, 0.29) is 29.3 Å². The average Bonchev–Trinajstić information content (AvgIpc) is 4.38. The molecule has 8 N–H and O–H groups in total. The van der Waals surface area contributed by atoms with Crippen LogP contribution in [-0.4, -0.2) is 45.1 Å². The van der Waals surface area contributed by atoms with Crippen molar-refractivity contribution in [2.75, 3.05) is 0 Å². The number of allylic oxidation sites excluding steroid dienone is 2. The van der Waals surface area contributed by atoms with Crippen LogP contribution in [-0.2, 0) is 6.42 Å². The minimum absolute atomic E-state index is 0.0311. The quantitative estimate of drug-likeness (QED) is 0.0728. The van der Waals surface area contributed by atoms with Gasteiger partial charge in [-0.15, -0.1) is 0 Å². The van der Waals surface area contributed by atoms with Crippen molar-refractivity contribution in [2.45, 2.75) is 38.0 Å². The molecule has 3 atom stereocenters. The third-order valence-electron chi connectivity index (χ3n) is 15.6. The zero-order valence-corrected chi connectivity index (χ0v) is 47.0. The number of aromatic hydroxyl groups is 2. The molecule has 3 unspecified atom stereocenters. The Hall–Kier alpha value is -9.03. The Morgan fingerprint density at radius 1 is 0.425 bits per heavy atom. The summed E-state index contributed by atoms with van der Waals surface area (Å²) >= 11 is 7.25. The predicted octanol–water partition coefficient (Wildman–Crippen LogP) is 17.9. The van der Waals surface area contributed by atoms with Crippen molar-refractivity contribution in [1.29, 1.82) is 0 Å². The molecule has 6 aromatic heterocycles. The highest BCUT2D eigenvalue weighted by Crippen LogP contribution is 2.45. The van der Waals surface area contributed by atoms with E-state index in [0.29, 0.717) is 0 Å². The zero-order chi connectivity index (χ0) is 54.4. The van der Waals surface area contributed by atoms with E-state index in [1.807, 2.05) is 42.7 Å². The average molecular weight is 1170 g/mol. The number of aromatic amines is 6. The largest absolute Gasteiger partial charge is 0.508 e. The Balaban J connectivity index is 0.000000114. The molecule has 14 aromatic rings. The first-order valence-corrected chi connectivity index (χ1v) is 28.3. The number of phenolic OH excluding ortho intramolecular Hbond substituents is 2. The lowest BCUT2D eigenvalue weighted by Gasteiger charge is -2.18. The Morgan fingerprint density at radius 2 is 0.925 bits per heavy atom. The fourth-order valence-electron chi connectivity index (χ4n) is 12.0. The maximum Gasteiger partial charge on any atom is 0.118 e. The van der Waals surface area contributed by atoms with Gasteiger partial charge in [-0.3, -0.25) is 0 Å². The van der Waals surface area contributed by atoms with Crippen molar-refractivity contribution < 1.29 is 10.2 Å². The number of fused-ring (bicyclic) bond motifs is 6. The number of aromatic nitrogens is 7. The van der Waals surface area contributed by atoms with Crippen molar-refractivity contribution >= 4 is 91.9 Å². The molecule has 1 aliphatic rings. The summed E-state index contributed by atoms with van der Waals surface area (Å²) in [6, 6.07) is 58.0.